The zero-order valence-corrected chi connectivity index (χ0v) is 15.3. The number of aromatic nitrogens is 1. The van der Waals surface area contributed by atoms with Crippen molar-refractivity contribution in [3.63, 3.8) is 0 Å². The van der Waals surface area contributed by atoms with E-state index in [0.717, 1.165) is 16.9 Å². The van der Waals surface area contributed by atoms with Crippen LogP contribution in [0.4, 0.5) is 0 Å². The van der Waals surface area contributed by atoms with Gasteiger partial charge in [-0.15, -0.1) is 0 Å². The lowest BCUT2D eigenvalue weighted by Crippen LogP contribution is -2.02. The van der Waals surface area contributed by atoms with Gasteiger partial charge in [-0.05, 0) is 38.1 Å². The van der Waals surface area contributed by atoms with Crippen LogP contribution in [0.1, 0.15) is 23.9 Å². The van der Waals surface area contributed by atoms with E-state index in [0.29, 0.717) is 24.0 Å². The van der Waals surface area contributed by atoms with Crippen molar-refractivity contribution in [3.8, 4) is 17.2 Å². The average molecular weight is 363 g/mol. The first-order valence-corrected chi connectivity index (χ1v) is 8.75. The van der Waals surface area contributed by atoms with E-state index in [4.69, 9.17) is 13.9 Å². The second kappa shape index (κ2) is 8.85. The van der Waals surface area contributed by atoms with Gasteiger partial charge < -0.3 is 13.9 Å². The molecule has 0 aliphatic rings. The van der Waals surface area contributed by atoms with E-state index < -0.39 is 5.97 Å². The number of aryl methyl sites for hydroxylation is 1. The standard InChI is InChI=1S/C22H21NO4/c1-3-25-20-12-8-7-9-17(20)13-14-21(24)26-15-19-16(2)27-22(23-19)18-10-5-4-6-11-18/h4-14H,3,15H2,1-2H3/b14-13+. The Balaban J connectivity index is 1.62. The van der Waals surface area contributed by atoms with Gasteiger partial charge in [-0.1, -0.05) is 36.4 Å². The summed E-state index contributed by atoms with van der Waals surface area (Å²) in [5.41, 5.74) is 2.30. The van der Waals surface area contributed by atoms with Crippen molar-refractivity contribution in [3.05, 3.63) is 77.7 Å². The highest BCUT2D eigenvalue weighted by Crippen LogP contribution is 2.22. The van der Waals surface area contributed by atoms with Crippen molar-refractivity contribution in [2.24, 2.45) is 0 Å². The largest absolute Gasteiger partial charge is 0.493 e. The zero-order chi connectivity index (χ0) is 19.1. The van der Waals surface area contributed by atoms with Crippen LogP contribution in [0.2, 0.25) is 0 Å². The molecule has 138 valence electrons. The predicted octanol–water partition coefficient (Wildman–Crippen LogP) is 4.81. The van der Waals surface area contributed by atoms with Crippen LogP contribution in [0.25, 0.3) is 17.5 Å². The summed E-state index contributed by atoms with van der Waals surface area (Å²) < 4.78 is 16.5. The van der Waals surface area contributed by atoms with Gasteiger partial charge in [0.15, 0.2) is 0 Å². The summed E-state index contributed by atoms with van der Waals surface area (Å²) in [7, 11) is 0. The van der Waals surface area contributed by atoms with Crippen LogP contribution in [0.5, 0.6) is 5.75 Å². The summed E-state index contributed by atoms with van der Waals surface area (Å²) in [6, 6.07) is 17.1. The molecule has 2 aromatic carbocycles. The molecule has 3 aromatic rings. The Labute approximate surface area is 158 Å². The van der Waals surface area contributed by atoms with Crippen molar-refractivity contribution < 1.29 is 18.7 Å². The van der Waals surface area contributed by atoms with Crippen molar-refractivity contribution in [2.45, 2.75) is 20.5 Å². The molecule has 3 rings (SSSR count). The number of para-hydroxylation sites is 1. The number of rotatable bonds is 7. The average Bonchev–Trinajstić information content (AvgIpc) is 3.07. The van der Waals surface area contributed by atoms with Gasteiger partial charge in [0.25, 0.3) is 0 Å². The van der Waals surface area contributed by atoms with E-state index in [9.17, 15) is 4.79 Å². The number of hydrogen-bond donors (Lipinski definition) is 0. The van der Waals surface area contributed by atoms with E-state index in [1.54, 1.807) is 13.0 Å². The first-order valence-electron chi connectivity index (χ1n) is 8.75. The molecule has 1 heterocycles. The number of benzene rings is 2. The van der Waals surface area contributed by atoms with Crippen molar-refractivity contribution in [1.29, 1.82) is 0 Å². The molecule has 27 heavy (non-hydrogen) atoms. The maximum atomic E-state index is 12.0. The molecular formula is C22H21NO4. The number of esters is 1. The van der Waals surface area contributed by atoms with Crippen molar-refractivity contribution in [1.82, 2.24) is 4.98 Å². The number of oxazole rings is 1. The van der Waals surface area contributed by atoms with Crippen LogP contribution < -0.4 is 4.74 Å². The molecule has 5 heteroatoms. The van der Waals surface area contributed by atoms with Crippen molar-refractivity contribution in [2.75, 3.05) is 6.61 Å². The minimum Gasteiger partial charge on any atom is -0.493 e. The quantitative estimate of drug-likeness (QED) is 0.445. The lowest BCUT2D eigenvalue weighted by Gasteiger charge is -2.06. The molecule has 5 nitrogen and oxygen atoms in total. The Morgan fingerprint density at radius 1 is 1.11 bits per heavy atom. The minimum atomic E-state index is -0.454. The Morgan fingerprint density at radius 3 is 2.63 bits per heavy atom. The first-order chi connectivity index (χ1) is 13.2. The molecule has 0 atom stereocenters. The molecule has 0 radical (unpaired) electrons. The molecule has 0 aliphatic heterocycles. The predicted molar refractivity (Wildman–Crippen MR) is 103 cm³/mol. The maximum Gasteiger partial charge on any atom is 0.331 e. The summed E-state index contributed by atoms with van der Waals surface area (Å²) in [6.45, 7) is 4.33. The van der Waals surface area contributed by atoms with Crippen LogP contribution in [-0.2, 0) is 16.1 Å². The molecule has 0 saturated carbocycles. The number of ether oxygens (including phenoxy) is 2. The van der Waals surface area contributed by atoms with Gasteiger partial charge in [0.2, 0.25) is 5.89 Å². The van der Waals surface area contributed by atoms with Gasteiger partial charge in [0.1, 0.15) is 23.8 Å². The molecule has 1 aromatic heterocycles. The fourth-order valence-corrected chi connectivity index (χ4v) is 2.52. The molecule has 0 fully saturated rings. The minimum absolute atomic E-state index is 0.0540. The Hall–Kier alpha value is -3.34. The second-order valence-corrected chi connectivity index (χ2v) is 5.80. The lowest BCUT2D eigenvalue weighted by molar-refractivity contribution is -0.139. The third kappa shape index (κ3) is 4.85. The van der Waals surface area contributed by atoms with E-state index in [1.807, 2.05) is 61.5 Å². The van der Waals surface area contributed by atoms with Gasteiger partial charge in [0, 0.05) is 17.2 Å². The normalized spacial score (nSPS) is 10.9. The number of nitrogens with zero attached hydrogens (tertiary/aromatic N) is 1. The Kier molecular flexibility index (Phi) is 6.05. The summed E-state index contributed by atoms with van der Waals surface area (Å²) in [5.74, 6) is 1.42. The highest BCUT2D eigenvalue weighted by atomic mass is 16.5. The number of carbonyl (C=O) groups is 1. The topological polar surface area (TPSA) is 61.6 Å². The van der Waals surface area contributed by atoms with Gasteiger partial charge in [-0.25, -0.2) is 9.78 Å². The summed E-state index contributed by atoms with van der Waals surface area (Å²) >= 11 is 0. The van der Waals surface area contributed by atoms with Gasteiger partial charge in [-0.2, -0.15) is 0 Å². The molecule has 0 N–H and O–H groups in total. The highest BCUT2D eigenvalue weighted by molar-refractivity contribution is 5.87. The summed E-state index contributed by atoms with van der Waals surface area (Å²) in [5, 5.41) is 0. The highest BCUT2D eigenvalue weighted by Gasteiger charge is 2.12. The van der Waals surface area contributed by atoms with Crippen LogP contribution in [0.15, 0.2) is 65.1 Å². The van der Waals surface area contributed by atoms with Crippen LogP contribution in [0.3, 0.4) is 0 Å². The number of hydrogen-bond acceptors (Lipinski definition) is 5. The molecular weight excluding hydrogens is 342 g/mol. The van der Waals surface area contributed by atoms with E-state index in [2.05, 4.69) is 4.98 Å². The lowest BCUT2D eigenvalue weighted by atomic mass is 10.2. The smallest absolute Gasteiger partial charge is 0.331 e. The molecule has 0 unspecified atom stereocenters. The van der Waals surface area contributed by atoms with Gasteiger partial charge in [0.05, 0.1) is 6.61 Å². The Morgan fingerprint density at radius 2 is 1.85 bits per heavy atom. The van der Waals surface area contributed by atoms with E-state index in [1.165, 1.54) is 6.08 Å². The molecule has 0 bridgehead atoms. The molecule has 0 aliphatic carbocycles. The SMILES string of the molecule is CCOc1ccccc1/C=C/C(=O)OCc1nc(-c2ccccc2)oc1C. The molecule has 0 saturated heterocycles. The zero-order valence-electron chi connectivity index (χ0n) is 15.3. The second-order valence-electron chi connectivity index (χ2n) is 5.80. The summed E-state index contributed by atoms with van der Waals surface area (Å²) in [6.07, 6.45) is 3.06. The van der Waals surface area contributed by atoms with Gasteiger partial charge in [-0.3, -0.25) is 0 Å². The van der Waals surface area contributed by atoms with E-state index >= 15 is 0 Å². The van der Waals surface area contributed by atoms with Gasteiger partial charge >= 0.3 is 5.97 Å². The fourth-order valence-electron chi connectivity index (χ4n) is 2.52. The fraction of sp³-hybridized carbons (Fsp3) is 0.182. The van der Waals surface area contributed by atoms with Crippen LogP contribution >= 0.6 is 0 Å². The number of carbonyl (C=O) groups excluding carboxylic acids is 1. The van der Waals surface area contributed by atoms with E-state index in [-0.39, 0.29) is 6.61 Å². The monoisotopic (exact) mass is 363 g/mol. The molecule has 0 spiro atoms. The van der Waals surface area contributed by atoms with Crippen LogP contribution in [0, 0.1) is 6.92 Å². The van der Waals surface area contributed by atoms with Crippen LogP contribution in [-0.4, -0.2) is 17.6 Å². The third-order valence-corrected chi connectivity index (χ3v) is 3.88. The first kappa shape index (κ1) is 18.5. The molecule has 0 amide bonds. The third-order valence-electron chi connectivity index (χ3n) is 3.88. The summed E-state index contributed by atoms with van der Waals surface area (Å²) in [4.78, 5) is 16.5. The van der Waals surface area contributed by atoms with Crippen molar-refractivity contribution >= 4 is 12.0 Å². The Bertz CT molecular complexity index is 928. The maximum absolute atomic E-state index is 12.0.